The van der Waals surface area contributed by atoms with Crippen LogP contribution in [0.5, 0.6) is 0 Å². The topological polar surface area (TPSA) is 43.8 Å². The average Bonchev–Trinajstić information content (AvgIpc) is 2.71. The average molecular weight is 272 g/mol. The molecule has 0 spiro atoms. The number of hydrogen-bond acceptors (Lipinski definition) is 2. The Morgan fingerprint density at radius 2 is 1.70 bits per heavy atom. The molecule has 1 N–H and O–H groups in total. The lowest BCUT2D eigenvalue weighted by Gasteiger charge is -2.49. The maximum absolute atomic E-state index is 11.2. The molecule has 0 aromatic heterocycles. The van der Waals surface area contributed by atoms with Gasteiger partial charge in [-0.25, -0.2) is 4.79 Å². The number of hydrogen-bond donors (Lipinski definition) is 1. The molecule has 0 radical (unpaired) electrons. The van der Waals surface area contributed by atoms with Crippen LogP contribution in [0.2, 0.25) is 0 Å². The molecular weight excluding hydrogens is 252 g/mol. The summed E-state index contributed by atoms with van der Waals surface area (Å²) >= 11 is 0. The normalized spacial score (nSPS) is 26.0. The predicted molar refractivity (Wildman–Crippen MR) is 77.6 cm³/mol. The first kappa shape index (κ1) is 13.2. The highest BCUT2D eigenvalue weighted by molar-refractivity contribution is 5.65. The van der Waals surface area contributed by atoms with E-state index in [-0.39, 0.29) is 17.6 Å². The van der Waals surface area contributed by atoms with Gasteiger partial charge in [-0.1, -0.05) is 42.5 Å². The first-order valence-corrected chi connectivity index (χ1v) is 7.00. The van der Waals surface area contributed by atoms with E-state index in [1.165, 1.54) is 10.5 Å². The van der Waals surface area contributed by atoms with Crippen LogP contribution in [0.4, 0.5) is 4.79 Å². The summed E-state index contributed by atoms with van der Waals surface area (Å²) in [4.78, 5) is 15.1. The van der Waals surface area contributed by atoms with Gasteiger partial charge in [-0.05, 0) is 19.4 Å². The predicted octanol–water partition coefficient (Wildman–Crippen LogP) is 2.52. The fourth-order valence-corrected chi connectivity index (χ4v) is 3.49. The Morgan fingerprint density at radius 1 is 1.15 bits per heavy atom. The van der Waals surface area contributed by atoms with Gasteiger partial charge in [0, 0.05) is 30.7 Å². The van der Waals surface area contributed by atoms with Crippen LogP contribution in [0, 0.1) is 0 Å². The molecule has 0 aliphatic carbocycles. The van der Waals surface area contributed by atoms with Gasteiger partial charge >= 0.3 is 6.09 Å². The van der Waals surface area contributed by atoms with Crippen molar-refractivity contribution in [2.75, 3.05) is 13.1 Å². The minimum Gasteiger partial charge on any atom is -0.465 e. The van der Waals surface area contributed by atoms with Crippen LogP contribution in [0.3, 0.4) is 0 Å². The van der Waals surface area contributed by atoms with Crippen LogP contribution in [-0.2, 0) is 5.54 Å². The summed E-state index contributed by atoms with van der Waals surface area (Å²) in [6, 6.07) is 10.8. The lowest BCUT2D eigenvalue weighted by atomic mass is 9.89. The number of rotatable bonds is 2. The smallest absolute Gasteiger partial charge is 0.407 e. The highest BCUT2D eigenvalue weighted by Crippen LogP contribution is 2.37. The fraction of sp³-hybridized carbons (Fsp3) is 0.438. The van der Waals surface area contributed by atoms with E-state index in [0.717, 1.165) is 0 Å². The number of amides is 1. The van der Waals surface area contributed by atoms with E-state index in [1.807, 2.05) is 6.07 Å². The van der Waals surface area contributed by atoms with Crippen molar-refractivity contribution >= 4 is 6.09 Å². The third-order valence-electron chi connectivity index (χ3n) is 4.48. The van der Waals surface area contributed by atoms with Gasteiger partial charge in [0.15, 0.2) is 0 Å². The van der Waals surface area contributed by atoms with Gasteiger partial charge in [0.1, 0.15) is 0 Å². The zero-order chi connectivity index (χ0) is 14.3. The molecule has 2 atom stereocenters. The summed E-state index contributed by atoms with van der Waals surface area (Å²) in [6.45, 7) is 5.54. The Morgan fingerprint density at radius 3 is 2.20 bits per heavy atom. The summed E-state index contributed by atoms with van der Waals surface area (Å²) in [6.07, 6.45) is 3.48. The molecule has 4 nitrogen and oxygen atoms in total. The quantitative estimate of drug-likeness (QED) is 0.841. The van der Waals surface area contributed by atoms with Gasteiger partial charge in [0.25, 0.3) is 0 Å². The second-order valence-electron chi connectivity index (χ2n) is 6.04. The maximum atomic E-state index is 11.2. The van der Waals surface area contributed by atoms with Crippen molar-refractivity contribution in [3.05, 3.63) is 48.0 Å². The largest absolute Gasteiger partial charge is 0.465 e. The van der Waals surface area contributed by atoms with Gasteiger partial charge in [0.2, 0.25) is 0 Å². The molecule has 0 unspecified atom stereocenters. The highest BCUT2D eigenvalue weighted by Gasteiger charge is 2.45. The van der Waals surface area contributed by atoms with E-state index in [4.69, 9.17) is 0 Å². The molecule has 2 heterocycles. The van der Waals surface area contributed by atoms with Crippen molar-refractivity contribution in [2.45, 2.75) is 31.5 Å². The first-order valence-electron chi connectivity index (χ1n) is 7.00. The zero-order valence-electron chi connectivity index (χ0n) is 11.9. The van der Waals surface area contributed by atoms with Gasteiger partial charge in [-0.3, -0.25) is 4.90 Å². The molecule has 1 fully saturated rings. The lowest BCUT2D eigenvalue weighted by molar-refractivity contribution is 0.00564. The van der Waals surface area contributed by atoms with E-state index in [9.17, 15) is 9.90 Å². The van der Waals surface area contributed by atoms with Crippen molar-refractivity contribution in [1.82, 2.24) is 9.80 Å². The Bertz CT molecular complexity index is 523. The van der Waals surface area contributed by atoms with Crippen molar-refractivity contribution < 1.29 is 9.90 Å². The SMILES string of the molecule is CC(C)(c1ccccc1)N1[C@@H]2C=C[C@H]1CN(C(=O)O)C2. The molecule has 1 aromatic carbocycles. The van der Waals surface area contributed by atoms with Gasteiger partial charge in [0.05, 0.1) is 0 Å². The fourth-order valence-electron chi connectivity index (χ4n) is 3.49. The minimum absolute atomic E-state index is 0.106. The van der Waals surface area contributed by atoms with Crippen LogP contribution in [0.15, 0.2) is 42.5 Å². The summed E-state index contributed by atoms with van der Waals surface area (Å²) in [5, 5.41) is 9.19. The zero-order valence-corrected chi connectivity index (χ0v) is 11.9. The Hall–Kier alpha value is -1.81. The standard InChI is InChI=1S/C16H20N2O2/c1-16(2,12-6-4-3-5-7-12)18-13-8-9-14(18)11-17(10-13)15(19)20/h3-9,13-14H,10-11H2,1-2H3,(H,19,20)/t13-,14+. The van der Waals surface area contributed by atoms with Crippen molar-refractivity contribution in [2.24, 2.45) is 0 Å². The van der Waals surface area contributed by atoms with Gasteiger partial charge in [-0.15, -0.1) is 0 Å². The Kier molecular flexibility index (Phi) is 3.05. The van der Waals surface area contributed by atoms with E-state index in [0.29, 0.717) is 13.1 Å². The van der Waals surface area contributed by atoms with Crippen LogP contribution < -0.4 is 0 Å². The number of piperazine rings is 1. The van der Waals surface area contributed by atoms with E-state index in [1.54, 1.807) is 0 Å². The highest BCUT2D eigenvalue weighted by atomic mass is 16.4. The molecule has 1 saturated heterocycles. The van der Waals surface area contributed by atoms with Crippen LogP contribution in [0.1, 0.15) is 19.4 Å². The summed E-state index contributed by atoms with van der Waals surface area (Å²) in [5.74, 6) is 0. The molecule has 2 aliphatic heterocycles. The van der Waals surface area contributed by atoms with Crippen molar-refractivity contribution in [1.29, 1.82) is 0 Å². The molecule has 2 bridgehead atoms. The van der Waals surface area contributed by atoms with Crippen molar-refractivity contribution in [3.63, 3.8) is 0 Å². The van der Waals surface area contributed by atoms with Crippen LogP contribution in [0.25, 0.3) is 0 Å². The minimum atomic E-state index is -0.819. The molecule has 1 amide bonds. The molecule has 1 aromatic rings. The molecule has 106 valence electrons. The second-order valence-corrected chi connectivity index (χ2v) is 6.04. The molecule has 20 heavy (non-hydrogen) atoms. The third kappa shape index (κ3) is 2.00. The molecule has 4 heteroatoms. The van der Waals surface area contributed by atoms with Crippen LogP contribution >= 0.6 is 0 Å². The van der Waals surface area contributed by atoms with Gasteiger partial charge in [-0.2, -0.15) is 0 Å². The Labute approximate surface area is 119 Å². The lowest BCUT2D eigenvalue weighted by Crippen LogP contribution is -2.60. The molecule has 0 saturated carbocycles. The monoisotopic (exact) mass is 272 g/mol. The summed E-state index contributed by atoms with van der Waals surface area (Å²) in [5.41, 5.74) is 1.16. The number of carbonyl (C=O) groups is 1. The third-order valence-corrected chi connectivity index (χ3v) is 4.48. The number of fused-ring (bicyclic) bond motifs is 2. The second kappa shape index (κ2) is 4.63. The number of benzene rings is 1. The summed E-state index contributed by atoms with van der Waals surface area (Å²) < 4.78 is 0. The van der Waals surface area contributed by atoms with Crippen LogP contribution in [-0.4, -0.2) is 46.2 Å². The maximum Gasteiger partial charge on any atom is 0.407 e. The number of nitrogens with zero attached hydrogens (tertiary/aromatic N) is 2. The van der Waals surface area contributed by atoms with Crippen molar-refractivity contribution in [3.8, 4) is 0 Å². The van der Waals surface area contributed by atoms with Gasteiger partial charge < -0.3 is 10.0 Å². The first-order chi connectivity index (χ1) is 9.50. The van der Waals surface area contributed by atoms with E-state index < -0.39 is 6.09 Å². The molecule has 2 aliphatic rings. The molecule has 3 rings (SSSR count). The number of carboxylic acid groups (broad SMARTS) is 1. The Balaban J connectivity index is 1.88. The molecular formula is C16H20N2O2. The summed E-state index contributed by atoms with van der Waals surface area (Å²) in [7, 11) is 0. The van der Waals surface area contributed by atoms with E-state index >= 15 is 0 Å². The van der Waals surface area contributed by atoms with E-state index in [2.05, 4.69) is 55.2 Å².